The number of benzene rings is 1. The van der Waals surface area contributed by atoms with E-state index >= 15 is 0 Å². The van der Waals surface area contributed by atoms with Crippen molar-refractivity contribution in [2.24, 2.45) is 0 Å². The second kappa shape index (κ2) is 9.68. The standard InChI is InChI=1S/C14H14N8O2S4/c15-11-19-21-13(27-11)25-5-9(23)17-7-3-1-2-4-8(7)18-10(24)6-26-14-22-20-12(16)28-14/h1-4H,5-6H2,(H2,15,19)(H2,16,20)(H,17,23)(H,18,24). The van der Waals surface area contributed by atoms with E-state index in [0.29, 0.717) is 30.3 Å². The van der Waals surface area contributed by atoms with E-state index in [-0.39, 0.29) is 23.3 Å². The van der Waals surface area contributed by atoms with Crippen LogP contribution < -0.4 is 22.1 Å². The van der Waals surface area contributed by atoms with Gasteiger partial charge in [0.2, 0.25) is 22.1 Å². The fourth-order valence-corrected chi connectivity index (χ4v) is 4.76. The highest BCUT2D eigenvalue weighted by Gasteiger charge is 2.12. The average Bonchev–Trinajstić information content (AvgIpc) is 3.28. The lowest BCUT2D eigenvalue weighted by molar-refractivity contribution is -0.114. The van der Waals surface area contributed by atoms with Crippen molar-refractivity contribution in [2.45, 2.75) is 8.68 Å². The third kappa shape index (κ3) is 6.05. The van der Waals surface area contributed by atoms with Crippen LogP contribution in [0.4, 0.5) is 21.6 Å². The smallest absolute Gasteiger partial charge is 0.234 e. The molecule has 2 aromatic heterocycles. The zero-order valence-electron chi connectivity index (χ0n) is 14.1. The molecule has 146 valence electrons. The van der Waals surface area contributed by atoms with Crippen molar-refractivity contribution in [3.05, 3.63) is 24.3 Å². The Bertz CT molecular complexity index is 898. The molecule has 0 saturated carbocycles. The van der Waals surface area contributed by atoms with Crippen LogP contribution in [-0.2, 0) is 9.59 Å². The van der Waals surface area contributed by atoms with Crippen LogP contribution in [0, 0.1) is 0 Å². The number of carbonyl (C=O) groups excluding carboxylic acids is 2. The summed E-state index contributed by atoms with van der Waals surface area (Å²) in [7, 11) is 0. The summed E-state index contributed by atoms with van der Waals surface area (Å²) in [6, 6.07) is 6.95. The third-order valence-corrected chi connectivity index (χ3v) is 6.74. The number of hydrogen-bond donors (Lipinski definition) is 4. The van der Waals surface area contributed by atoms with E-state index in [9.17, 15) is 9.59 Å². The second-order valence-electron chi connectivity index (χ2n) is 5.03. The summed E-state index contributed by atoms with van der Waals surface area (Å²) >= 11 is 4.90. The first-order valence-electron chi connectivity index (χ1n) is 7.62. The Morgan fingerprint density at radius 3 is 1.61 bits per heavy atom. The van der Waals surface area contributed by atoms with Crippen LogP contribution in [0.1, 0.15) is 0 Å². The number of nitrogen functional groups attached to an aromatic ring is 2. The molecule has 6 N–H and O–H groups in total. The van der Waals surface area contributed by atoms with Gasteiger partial charge in [0.15, 0.2) is 8.68 Å². The molecule has 14 heteroatoms. The number of anilines is 4. The zero-order chi connectivity index (χ0) is 19.9. The monoisotopic (exact) mass is 454 g/mol. The Kier molecular flexibility index (Phi) is 7.02. The first-order chi connectivity index (χ1) is 13.5. The summed E-state index contributed by atoms with van der Waals surface area (Å²) in [5.41, 5.74) is 12.0. The Morgan fingerprint density at radius 2 is 1.25 bits per heavy atom. The molecule has 0 aliphatic rings. The van der Waals surface area contributed by atoms with Gasteiger partial charge in [-0.3, -0.25) is 9.59 Å². The van der Waals surface area contributed by atoms with Crippen LogP contribution >= 0.6 is 46.2 Å². The molecule has 10 nitrogen and oxygen atoms in total. The molecule has 3 rings (SSSR count). The molecule has 0 unspecified atom stereocenters. The number of rotatable bonds is 8. The van der Waals surface area contributed by atoms with Gasteiger partial charge in [-0.1, -0.05) is 58.3 Å². The van der Waals surface area contributed by atoms with Crippen LogP contribution in [0.15, 0.2) is 32.9 Å². The minimum absolute atomic E-state index is 0.144. The Balaban J connectivity index is 1.53. The molecule has 2 amide bonds. The molecule has 0 bridgehead atoms. The molecule has 2 heterocycles. The van der Waals surface area contributed by atoms with Crippen LogP contribution in [0.5, 0.6) is 0 Å². The molecular formula is C14H14N8O2S4. The number of nitrogens with two attached hydrogens (primary N) is 2. The largest absolute Gasteiger partial charge is 0.374 e. The Hall–Kier alpha value is -2.42. The van der Waals surface area contributed by atoms with Gasteiger partial charge in [-0.2, -0.15) is 0 Å². The predicted molar refractivity (Wildman–Crippen MR) is 114 cm³/mol. The van der Waals surface area contributed by atoms with Gasteiger partial charge in [-0.15, -0.1) is 20.4 Å². The van der Waals surface area contributed by atoms with Gasteiger partial charge in [-0.05, 0) is 12.1 Å². The minimum atomic E-state index is -0.237. The maximum Gasteiger partial charge on any atom is 0.234 e. The maximum absolute atomic E-state index is 12.2. The van der Waals surface area contributed by atoms with Gasteiger partial charge in [0, 0.05) is 0 Å². The molecular weight excluding hydrogens is 440 g/mol. The van der Waals surface area contributed by atoms with Crippen LogP contribution in [0.25, 0.3) is 0 Å². The highest BCUT2D eigenvalue weighted by molar-refractivity contribution is 8.02. The van der Waals surface area contributed by atoms with Gasteiger partial charge >= 0.3 is 0 Å². The number of nitrogens with one attached hydrogen (secondary N) is 2. The summed E-state index contributed by atoms with van der Waals surface area (Å²) in [6.07, 6.45) is 0. The van der Waals surface area contributed by atoms with Gasteiger partial charge in [0.05, 0.1) is 22.9 Å². The van der Waals surface area contributed by atoms with E-state index in [2.05, 4.69) is 31.0 Å². The van der Waals surface area contributed by atoms with Crippen molar-refractivity contribution >= 4 is 79.6 Å². The molecule has 0 spiro atoms. The van der Waals surface area contributed by atoms with Crippen LogP contribution in [0.2, 0.25) is 0 Å². The Morgan fingerprint density at radius 1 is 0.821 bits per heavy atom. The average molecular weight is 455 g/mol. The molecule has 1 aromatic carbocycles. The van der Waals surface area contributed by atoms with E-state index in [1.165, 1.54) is 46.2 Å². The van der Waals surface area contributed by atoms with E-state index in [1.54, 1.807) is 24.3 Å². The summed E-state index contributed by atoms with van der Waals surface area (Å²) in [6.45, 7) is 0. The highest BCUT2D eigenvalue weighted by Crippen LogP contribution is 2.26. The topological polar surface area (TPSA) is 162 Å². The first-order valence-corrected chi connectivity index (χ1v) is 11.2. The zero-order valence-corrected chi connectivity index (χ0v) is 17.4. The lowest BCUT2D eigenvalue weighted by Gasteiger charge is -2.11. The molecule has 0 aliphatic carbocycles. The molecule has 0 atom stereocenters. The summed E-state index contributed by atoms with van der Waals surface area (Å²) < 4.78 is 1.23. The van der Waals surface area contributed by atoms with E-state index in [1.807, 2.05) is 0 Å². The Labute approximate surface area is 175 Å². The normalized spacial score (nSPS) is 10.6. The van der Waals surface area contributed by atoms with Crippen molar-refractivity contribution < 1.29 is 9.59 Å². The summed E-state index contributed by atoms with van der Waals surface area (Å²) in [5, 5.41) is 21.3. The SMILES string of the molecule is Nc1nnc(SCC(=O)Nc2ccccc2NC(=O)CSc2nnc(N)s2)s1. The van der Waals surface area contributed by atoms with Gasteiger partial charge in [-0.25, -0.2) is 0 Å². The number of amides is 2. The lowest BCUT2D eigenvalue weighted by atomic mass is 10.2. The van der Waals surface area contributed by atoms with Crippen molar-refractivity contribution in [3.63, 3.8) is 0 Å². The van der Waals surface area contributed by atoms with Gasteiger partial charge in [0.25, 0.3) is 0 Å². The predicted octanol–water partition coefficient (Wildman–Crippen LogP) is 2.02. The molecule has 0 fully saturated rings. The number of aromatic nitrogens is 4. The minimum Gasteiger partial charge on any atom is -0.374 e. The fraction of sp³-hybridized carbons (Fsp3) is 0.143. The van der Waals surface area contributed by atoms with E-state index < -0.39 is 0 Å². The van der Waals surface area contributed by atoms with Crippen molar-refractivity contribution in [3.8, 4) is 0 Å². The molecule has 3 aromatic rings. The van der Waals surface area contributed by atoms with E-state index in [4.69, 9.17) is 11.5 Å². The number of carbonyl (C=O) groups is 2. The van der Waals surface area contributed by atoms with Crippen LogP contribution in [0.3, 0.4) is 0 Å². The molecule has 0 aliphatic heterocycles. The first kappa shape index (κ1) is 20.3. The van der Waals surface area contributed by atoms with E-state index in [0.717, 1.165) is 0 Å². The number of nitrogens with zero attached hydrogens (tertiary/aromatic N) is 4. The number of hydrogen-bond acceptors (Lipinski definition) is 12. The van der Waals surface area contributed by atoms with Gasteiger partial charge < -0.3 is 22.1 Å². The summed E-state index contributed by atoms with van der Waals surface area (Å²) in [5.74, 6) is -0.186. The molecule has 0 radical (unpaired) electrons. The van der Waals surface area contributed by atoms with Crippen molar-refractivity contribution in [1.29, 1.82) is 0 Å². The fourth-order valence-electron chi connectivity index (χ4n) is 1.89. The lowest BCUT2D eigenvalue weighted by Crippen LogP contribution is -2.18. The second-order valence-corrected chi connectivity index (χ2v) is 9.49. The van der Waals surface area contributed by atoms with Gasteiger partial charge in [0.1, 0.15) is 0 Å². The molecule has 28 heavy (non-hydrogen) atoms. The molecule has 0 saturated heterocycles. The van der Waals surface area contributed by atoms with Crippen LogP contribution in [-0.4, -0.2) is 43.7 Å². The highest BCUT2D eigenvalue weighted by atomic mass is 32.2. The number of para-hydroxylation sites is 2. The third-order valence-electron chi connectivity index (χ3n) is 2.97. The summed E-state index contributed by atoms with van der Waals surface area (Å²) in [4.78, 5) is 24.4. The number of thioether (sulfide) groups is 2. The van der Waals surface area contributed by atoms with Crippen molar-refractivity contribution in [2.75, 3.05) is 33.6 Å². The maximum atomic E-state index is 12.2. The van der Waals surface area contributed by atoms with Crippen molar-refractivity contribution in [1.82, 2.24) is 20.4 Å². The quantitative estimate of drug-likeness (QED) is 0.370.